The minimum Gasteiger partial charge on any atom is -0.335 e. The van der Waals surface area contributed by atoms with Crippen LogP contribution in [0.4, 0.5) is 15.2 Å². The number of carbonyl (C=O) groups excluding carboxylic acids is 1. The fourth-order valence-electron chi connectivity index (χ4n) is 3.37. The molecule has 3 aromatic rings. The third-order valence-electron chi connectivity index (χ3n) is 4.87. The summed E-state index contributed by atoms with van der Waals surface area (Å²) in [4.78, 5) is 19.3. The molecule has 1 atom stereocenters. The lowest BCUT2D eigenvalue weighted by Crippen LogP contribution is -2.39. The number of carbonyl (C=O) groups is 1. The highest BCUT2D eigenvalue weighted by Gasteiger charge is 2.33. The van der Waals surface area contributed by atoms with Crippen LogP contribution in [0, 0.1) is 12.7 Å². The van der Waals surface area contributed by atoms with Crippen molar-refractivity contribution in [2.45, 2.75) is 32.2 Å². The highest BCUT2D eigenvalue weighted by molar-refractivity contribution is 7.09. The molecule has 0 aliphatic carbocycles. The summed E-state index contributed by atoms with van der Waals surface area (Å²) in [5, 5.41) is 3.45. The van der Waals surface area contributed by atoms with Crippen LogP contribution >= 0.6 is 11.5 Å². The number of para-hydroxylation sites is 1. The van der Waals surface area contributed by atoms with E-state index in [4.69, 9.17) is 0 Å². The number of amides is 1. The Hall–Kier alpha value is -2.80. The summed E-state index contributed by atoms with van der Waals surface area (Å²) in [6.45, 7) is 2.80. The van der Waals surface area contributed by atoms with E-state index < -0.39 is 5.82 Å². The van der Waals surface area contributed by atoms with Crippen LogP contribution in [-0.4, -0.2) is 27.9 Å². The summed E-state index contributed by atoms with van der Waals surface area (Å²) in [5.74, 6) is 0.110. The number of hydrogen-bond donors (Lipinski definition) is 1. The molecule has 1 fully saturated rings. The number of aromatic nitrogens is 2. The summed E-state index contributed by atoms with van der Waals surface area (Å²) in [6, 6.07) is 14.2. The van der Waals surface area contributed by atoms with Gasteiger partial charge in [0.05, 0.1) is 5.69 Å². The second-order valence-corrected chi connectivity index (χ2v) is 7.71. The van der Waals surface area contributed by atoms with Crippen LogP contribution in [-0.2, 0) is 11.2 Å². The first kappa shape index (κ1) is 18.6. The van der Waals surface area contributed by atoms with Crippen molar-refractivity contribution in [3.63, 3.8) is 0 Å². The van der Waals surface area contributed by atoms with Gasteiger partial charge in [0.15, 0.2) is 0 Å². The summed E-state index contributed by atoms with van der Waals surface area (Å²) >= 11 is 1.31. The van der Waals surface area contributed by atoms with Crippen molar-refractivity contribution < 1.29 is 9.18 Å². The minimum absolute atomic E-state index is 0.205. The maximum Gasteiger partial charge on any atom is 0.247 e. The molecule has 0 spiro atoms. The van der Waals surface area contributed by atoms with E-state index in [0.29, 0.717) is 12.8 Å². The molecule has 0 saturated carbocycles. The lowest BCUT2D eigenvalue weighted by molar-refractivity contribution is -0.117. The molecule has 2 aromatic carbocycles. The topological polar surface area (TPSA) is 58.1 Å². The van der Waals surface area contributed by atoms with E-state index in [0.717, 1.165) is 29.5 Å². The van der Waals surface area contributed by atoms with Gasteiger partial charge in [0.1, 0.15) is 17.7 Å². The highest BCUT2D eigenvalue weighted by atomic mass is 32.1. The zero-order chi connectivity index (χ0) is 19.5. The van der Waals surface area contributed by atoms with Crippen molar-refractivity contribution >= 4 is 28.3 Å². The van der Waals surface area contributed by atoms with Crippen molar-refractivity contribution in [3.05, 3.63) is 71.3 Å². The molecule has 1 aliphatic rings. The molecule has 7 heteroatoms. The first-order valence-electron chi connectivity index (χ1n) is 9.30. The zero-order valence-electron chi connectivity index (χ0n) is 15.6. The molecule has 5 nitrogen and oxygen atoms in total. The largest absolute Gasteiger partial charge is 0.335 e. The molecule has 0 bridgehead atoms. The number of hydrogen-bond acceptors (Lipinski definition) is 5. The van der Waals surface area contributed by atoms with Gasteiger partial charge in [0.2, 0.25) is 11.0 Å². The van der Waals surface area contributed by atoms with Crippen molar-refractivity contribution in [2.24, 2.45) is 0 Å². The molecule has 1 N–H and O–H groups in total. The zero-order valence-corrected chi connectivity index (χ0v) is 16.4. The van der Waals surface area contributed by atoms with Crippen molar-refractivity contribution in [3.8, 4) is 0 Å². The van der Waals surface area contributed by atoms with E-state index in [9.17, 15) is 9.18 Å². The van der Waals surface area contributed by atoms with Crippen LogP contribution in [0.5, 0.6) is 0 Å². The van der Waals surface area contributed by atoms with Crippen LogP contribution < -0.4 is 10.2 Å². The normalized spacial score (nSPS) is 16.4. The van der Waals surface area contributed by atoms with Gasteiger partial charge in [0.25, 0.3) is 0 Å². The van der Waals surface area contributed by atoms with Gasteiger partial charge in [-0.05, 0) is 37.5 Å². The number of anilines is 2. The Labute approximate surface area is 167 Å². The summed E-state index contributed by atoms with van der Waals surface area (Å²) in [7, 11) is 0. The van der Waals surface area contributed by atoms with E-state index in [-0.39, 0.29) is 17.6 Å². The van der Waals surface area contributed by atoms with Gasteiger partial charge < -0.3 is 10.2 Å². The average Bonchev–Trinajstić information content (AvgIpc) is 3.34. The second-order valence-electron chi connectivity index (χ2n) is 6.98. The van der Waals surface area contributed by atoms with Gasteiger partial charge in [-0.15, -0.1) is 0 Å². The Morgan fingerprint density at radius 2 is 2.04 bits per heavy atom. The van der Waals surface area contributed by atoms with Gasteiger partial charge in [0, 0.05) is 24.5 Å². The van der Waals surface area contributed by atoms with E-state index in [2.05, 4.69) is 45.9 Å². The highest BCUT2D eigenvalue weighted by Crippen LogP contribution is 2.28. The maximum absolute atomic E-state index is 13.8. The number of halogens is 1. The van der Waals surface area contributed by atoms with Gasteiger partial charge >= 0.3 is 0 Å². The Bertz CT molecular complexity index is 973. The molecule has 4 rings (SSSR count). The predicted molar refractivity (Wildman–Crippen MR) is 109 cm³/mol. The fourth-order valence-corrected chi connectivity index (χ4v) is 4.13. The van der Waals surface area contributed by atoms with Gasteiger partial charge in [-0.3, -0.25) is 4.79 Å². The van der Waals surface area contributed by atoms with Crippen LogP contribution in [0.1, 0.15) is 29.8 Å². The van der Waals surface area contributed by atoms with E-state index in [1.807, 2.05) is 4.90 Å². The lowest BCUT2D eigenvalue weighted by Gasteiger charge is -2.22. The predicted octanol–water partition coefficient (Wildman–Crippen LogP) is 4.18. The van der Waals surface area contributed by atoms with Crippen LogP contribution in [0.25, 0.3) is 0 Å². The Kier molecular flexibility index (Phi) is 5.34. The van der Waals surface area contributed by atoms with Crippen LogP contribution in [0.15, 0.2) is 48.5 Å². The Balaban J connectivity index is 1.46. The fraction of sp³-hybridized carbons (Fsp3) is 0.286. The Morgan fingerprint density at radius 3 is 2.82 bits per heavy atom. The smallest absolute Gasteiger partial charge is 0.247 e. The second kappa shape index (κ2) is 8.06. The maximum atomic E-state index is 13.8. The molecule has 1 saturated heterocycles. The molecular formula is C21H21FN4OS. The molecule has 2 heterocycles. The molecule has 28 heavy (non-hydrogen) atoms. The number of nitrogens with zero attached hydrogens (tertiary/aromatic N) is 3. The quantitative estimate of drug-likeness (QED) is 0.703. The number of benzene rings is 2. The first-order valence-corrected chi connectivity index (χ1v) is 10.1. The van der Waals surface area contributed by atoms with Crippen molar-refractivity contribution in [2.75, 3.05) is 16.8 Å². The van der Waals surface area contributed by atoms with Gasteiger partial charge in [-0.1, -0.05) is 42.0 Å². The van der Waals surface area contributed by atoms with Gasteiger partial charge in [-0.2, -0.15) is 4.37 Å². The SMILES string of the molecule is Cc1ccc(Cc2nsc(N3CCC[C@@H]3C(=O)Nc3ccccc3F)n2)cc1. The molecule has 0 radical (unpaired) electrons. The molecule has 1 aliphatic heterocycles. The molecular weight excluding hydrogens is 375 g/mol. The minimum atomic E-state index is -0.434. The van der Waals surface area contributed by atoms with Crippen molar-refractivity contribution in [1.82, 2.24) is 9.36 Å². The number of nitrogens with one attached hydrogen (secondary N) is 1. The summed E-state index contributed by atoms with van der Waals surface area (Å²) < 4.78 is 18.3. The third-order valence-corrected chi connectivity index (χ3v) is 5.66. The summed E-state index contributed by atoms with van der Waals surface area (Å²) in [6.07, 6.45) is 2.27. The third kappa shape index (κ3) is 4.04. The Morgan fingerprint density at radius 1 is 1.25 bits per heavy atom. The van der Waals surface area contributed by atoms with E-state index in [1.165, 1.54) is 23.2 Å². The van der Waals surface area contributed by atoms with Crippen LogP contribution in [0.3, 0.4) is 0 Å². The van der Waals surface area contributed by atoms with Gasteiger partial charge in [-0.25, -0.2) is 9.37 Å². The van der Waals surface area contributed by atoms with Crippen molar-refractivity contribution in [1.29, 1.82) is 0 Å². The molecule has 1 amide bonds. The molecule has 1 aromatic heterocycles. The average molecular weight is 396 g/mol. The lowest BCUT2D eigenvalue weighted by atomic mass is 10.1. The monoisotopic (exact) mass is 396 g/mol. The van der Waals surface area contributed by atoms with Crippen LogP contribution in [0.2, 0.25) is 0 Å². The number of rotatable bonds is 5. The molecule has 0 unspecified atom stereocenters. The van der Waals surface area contributed by atoms with E-state index >= 15 is 0 Å². The molecule has 144 valence electrons. The number of aryl methyl sites for hydroxylation is 1. The van der Waals surface area contributed by atoms with E-state index in [1.54, 1.807) is 18.2 Å². The standard InChI is InChI=1S/C21H21FN4OS/c1-14-8-10-15(11-9-14)13-19-24-21(28-25-19)26-12-4-7-18(26)20(27)23-17-6-3-2-5-16(17)22/h2-3,5-6,8-11,18H,4,7,12-13H2,1H3,(H,23,27)/t18-/m1/s1. The summed E-state index contributed by atoms with van der Waals surface area (Å²) in [5.41, 5.74) is 2.58. The first-order chi connectivity index (χ1) is 13.6.